The molecular weight excluding hydrogens is 252 g/mol. The molecule has 3 unspecified atom stereocenters. The molecule has 104 valence electrons. The summed E-state index contributed by atoms with van der Waals surface area (Å²) in [5, 5.41) is 12.3. The molecule has 0 aromatic heterocycles. The monoisotopic (exact) mass is 274 g/mol. The lowest BCUT2D eigenvalue weighted by atomic mass is 10.1. The molecule has 1 aliphatic heterocycles. The van der Waals surface area contributed by atoms with Crippen LogP contribution in [0.3, 0.4) is 0 Å². The van der Waals surface area contributed by atoms with E-state index in [0.29, 0.717) is 12.3 Å². The van der Waals surface area contributed by atoms with Crippen LogP contribution in [0, 0.1) is 5.92 Å². The molecule has 1 saturated heterocycles. The standard InChI is InChI=1S/C12H22N2O3S/c1-4-10-14(9(7-18-10)12(16)17)11(15)8(3)6-13-5-2/h8-10,13H,4-7H2,1-3H3,(H,16,17). The molecule has 0 aromatic carbocycles. The van der Waals surface area contributed by atoms with E-state index in [1.165, 1.54) is 0 Å². The van der Waals surface area contributed by atoms with Crippen molar-refractivity contribution in [1.29, 1.82) is 0 Å². The number of thioether (sulfide) groups is 1. The van der Waals surface area contributed by atoms with Gasteiger partial charge in [-0.05, 0) is 13.0 Å². The summed E-state index contributed by atoms with van der Waals surface area (Å²) in [6, 6.07) is -0.670. The second-order valence-electron chi connectivity index (χ2n) is 4.50. The van der Waals surface area contributed by atoms with Gasteiger partial charge in [-0.3, -0.25) is 4.79 Å². The number of carboxylic acid groups (broad SMARTS) is 1. The third-order valence-electron chi connectivity index (χ3n) is 3.10. The van der Waals surface area contributed by atoms with Crippen LogP contribution in [0.1, 0.15) is 27.2 Å². The summed E-state index contributed by atoms with van der Waals surface area (Å²) < 4.78 is 0. The Morgan fingerprint density at radius 3 is 2.67 bits per heavy atom. The number of rotatable bonds is 6. The quantitative estimate of drug-likeness (QED) is 0.756. The molecule has 3 atom stereocenters. The summed E-state index contributed by atoms with van der Waals surface area (Å²) in [6.45, 7) is 7.22. The van der Waals surface area contributed by atoms with E-state index in [2.05, 4.69) is 5.32 Å². The summed E-state index contributed by atoms with van der Waals surface area (Å²) in [5.41, 5.74) is 0. The van der Waals surface area contributed by atoms with Crippen molar-refractivity contribution in [3.63, 3.8) is 0 Å². The molecule has 1 rings (SSSR count). The molecule has 0 spiro atoms. The van der Waals surface area contributed by atoms with Gasteiger partial charge in [0.2, 0.25) is 5.91 Å². The van der Waals surface area contributed by atoms with Crippen LogP contribution in [0.4, 0.5) is 0 Å². The molecule has 0 aliphatic carbocycles. The number of aliphatic carboxylic acids is 1. The first-order valence-electron chi connectivity index (χ1n) is 6.40. The fraction of sp³-hybridized carbons (Fsp3) is 0.833. The van der Waals surface area contributed by atoms with Gasteiger partial charge in [0.25, 0.3) is 0 Å². The number of nitrogens with zero attached hydrogens (tertiary/aromatic N) is 1. The molecule has 1 aliphatic rings. The minimum absolute atomic E-state index is 0.00248. The number of hydrogen-bond donors (Lipinski definition) is 2. The van der Waals surface area contributed by atoms with Gasteiger partial charge < -0.3 is 15.3 Å². The van der Waals surface area contributed by atoms with Gasteiger partial charge in [0, 0.05) is 18.2 Å². The average molecular weight is 274 g/mol. The van der Waals surface area contributed by atoms with Crippen molar-refractivity contribution in [2.45, 2.75) is 38.6 Å². The van der Waals surface area contributed by atoms with Crippen LogP contribution >= 0.6 is 11.8 Å². The predicted octanol–water partition coefficient (Wildman–Crippen LogP) is 0.997. The number of carbonyl (C=O) groups excluding carboxylic acids is 1. The lowest BCUT2D eigenvalue weighted by Gasteiger charge is -2.29. The van der Waals surface area contributed by atoms with Gasteiger partial charge in [-0.25, -0.2) is 4.79 Å². The van der Waals surface area contributed by atoms with Crippen molar-refractivity contribution in [3.05, 3.63) is 0 Å². The number of carbonyl (C=O) groups is 2. The van der Waals surface area contributed by atoms with Crippen LogP contribution in [0.25, 0.3) is 0 Å². The molecule has 0 bridgehead atoms. The van der Waals surface area contributed by atoms with E-state index in [-0.39, 0.29) is 17.2 Å². The maximum Gasteiger partial charge on any atom is 0.327 e. The van der Waals surface area contributed by atoms with E-state index in [9.17, 15) is 14.7 Å². The summed E-state index contributed by atoms with van der Waals surface area (Å²) in [4.78, 5) is 25.1. The van der Waals surface area contributed by atoms with E-state index in [1.807, 2.05) is 20.8 Å². The SMILES string of the molecule is CCNCC(C)C(=O)N1C(CC)SCC1C(=O)O. The molecule has 1 fully saturated rings. The largest absolute Gasteiger partial charge is 0.480 e. The van der Waals surface area contributed by atoms with Crippen LogP contribution in [0.5, 0.6) is 0 Å². The molecule has 0 aromatic rings. The van der Waals surface area contributed by atoms with Gasteiger partial charge in [-0.1, -0.05) is 20.8 Å². The highest BCUT2D eigenvalue weighted by atomic mass is 32.2. The maximum atomic E-state index is 12.3. The van der Waals surface area contributed by atoms with Crippen molar-refractivity contribution in [2.75, 3.05) is 18.8 Å². The van der Waals surface area contributed by atoms with Gasteiger partial charge in [-0.2, -0.15) is 0 Å². The zero-order valence-corrected chi connectivity index (χ0v) is 12.0. The van der Waals surface area contributed by atoms with Crippen LogP contribution in [0.2, 0.25) is 0 Å². The minimum Gasteiger partial charge on any atom is -0.480 e. The molecule has 0 radical (unpaired) electrons. The Kier molecular flexibility index (Phi) is 5.95. The third-order valence-corrected chi connectivity index (χ3v) is 4.56. The highest BCUT2D eigenvalue weighted by molar-refractivity contribution is 8.00. The molecule has 1 amide bonds. The average Bonchev–Trinajstić information content (AvgIpc) is 2.78. The van der Waals surface area contributed by atoms with Crippen molar-refractivity contribution < 1.29 is 14.7 Å². The lowest BCUT2D eigenvalue weighted by Crippen LogP contribution is -2.49. The molecule has 1 heterocycles. The second kappa shape index (κ2) is 6.99. The van der Waals surface area contributed by atoms with Gasteiger partial charge >= 0.3 is 5.97 Å². The van der Waals surface area contributed by atoms with Gasteiger partial charge in [0.05, 0.1) is 5.37 Å². The first-order valence-corrected chi connectivity index (χ1v) is 7.45. The third kappa shape index (κ3) is 3.38. The van der Waals surface area contributed by atoms with Crippen molar-refractivity contribution in [3.8, 4) is 0 Å². The zero-order valence-electron chi connectivity index (χ0n) is 11.2. The molecule has 0 saturated carbocycles. The predicted molar refractivity (Wildman–Crippen MR) is 72.5 cm³/mol. The Bertz CT molecular complexity index is 312. The summed E-state index contributed by atoms with van der Waals surface area (Å²) in [7, 11) is 0. The second-order valence-corrected chi connectivity index (χ2v) is 5.72. The van der Waals surface area contributed by atoms with Crippen LogP contribution < -0.4 is 5.32 Å². The fourth-order valence-electron chi connectivity index (χ4n) is 2.07. The minimum atomic E-state index is -0.901. The van der Waals surface area contributed by atoms with E-state index in [0.717, 1.165) is 13.0 Å². The molecule has 2 N–H and O–H groups in total. The summed E-state index contributed by atoms with van der Waals surface area (Å²) >= 11 is 1.56. The smallest absolute Gasteiger partial charge is 0.327 e. The Hall–Kier alpha value is -0.750. The summed E-state index contributed by atoms with van der Waals surface area (Å²) in [5.74, 6) is -0.643. The van der Waals surface area contributed by atoms with Crippen LogP contribution in [-0.2, 0) is 9.59 Å². The summed E-state index contributed by atoms with van der Waals surface area (Å²) in [6.07, 6.45) is 0.786. The lowest BCUT2D eigenvalue weighted by molar-refractivity contribution is -0.150. The normalized spacial score (nSPS) is 25.2. The molecule has 6 heteroatoms. The van der Waals surface area contributed by atoms with E-state index in [1.54, 1.807) is 16.7 Å². The van der Waals surface area contributed by atoms with E-state index in [4.69, 9.17) is 0 Å². The first-order chi connectivity index (χ1) is 8.52. The van der Waals surface area contributed by atoms with E-state index >= 15 is 0 Å². The number of carboxylic acids is 1. The van der Waals surface area contributed by atoms with E-state index < -0.39 is 12.0 Å². The van der Waals surface area contributed by atoms with Crippen molar-refractivity contribution in [1.82, 2.24) is 10.2 Å². The number of amides is 1. The highest BCUT2D eigenvalue weighted by Crippen LogP contribution is 2.32. The Balaban J connectivity index is 2.74. The maximum absolute atomic E-state index is 12.3. The number of hydrogen-bond acceptors (Lipinski definition) is 4. The first kappa shape index (κ1) is 15.3. The molecule has 5 nitrogen and oxygen atoms in total. The number of nitrogens with one attached hydrogen (secondary N) is 1. The highest BCUT2D eigenvalue weighted by Gasteiger charge is 2.41. The Labute approximate surface area is 112 Å². The van der Waals surface area contributed by atoms with Gasteiger partial charge in [-0.15, -0.1) is 11.8 Å². The van der Waals surface area contributed by atoms with Crippen LogP contribution in [0.15, 0.2) is 0 Å². The topological polar surface area (TPSA) is 69.6 Å². The molecular formula is C12H22N2O3S. The Morgan fingerprint density at radius 2 is 2.17 bits per heavy atom. The van der Waals surface area contributed by atoms with Crippen molar-refractivity contribution in [2.24, 2.45) is 5.92 Å². The van der Waals surface area contributed by atoms with Crippen LogP contribution in [-0.4, -0.2) is 52.1 Å². The van der Waals surface area contributed by atoms with Crippen molar-refractivity contribution >= 4 is 23.6 Å². The zero-order chi connectivity index (χ0) is 13.7. The Morgan fingerprint density at radius 1 is 1.50 bits per heavy atom. The molecule has 18 heavy (non-hydrogen) atoms. The van der Waals surface area contributed by atoms with Gasteiger partial charge in [0.1, 0.15) is 6.04 Å². The fourth-order valence-corrected chi connectivity index (χ4v) is 3.42. The van der Waals surface area contributed by atoms with Gasteiger partial charge in [0.15, 0.2) is 0 Å².